The maximum absolute atomic E-state index is 13.0. The minimum Gasteiger partial charge on any atom is -0.380 e. The zero-order chi connectivity index (χ0) is 22.3. The van der Waals surface area contributed by atoms with E-state index in [0.717, 1.165) is 56.2 Å². The summed E-state index contributed by atoms with van der Waals surface area (Å²) in [6, 6.07) is 1.72. The summed E-state index contributed by atoms with van der Waals surface area (Å²) in [5, 5.41) is 20.9. The molecule has 2 fully saturated rings. The summed E-state index contributed by atoms with van der Waals surface area (Å²) >= 11 is 6.45. The highest BCUT2D eigenvalue weighted by Crippen LogP contribution is 2.36. The van der Waals surface area contributed by atoms with Gasteiger partial charge in [-0.25, -0.2) is 4.98 Å². The third kappa shape index (κ3) is 4.26. The SMILES string of the molecule is O=C(Nc1cc(-c2cnn3c2CCCC3)c(Cl)cn1)C1CCCC(NC(=O)C2(O)CC2)C1. The van der Waals surface area contributed by atoms with E-state index in [0.29, 0.717) is 30.1 Å². The summed E-state index contributed by atoms with van der Waals surface area (Å²) in [7, 11) is 0. The molecule has 0 bridgehead atoms. The molecule has 0 spiro atoms. The van der Waals surface area contributed by atoms with Gasteiger partial charge in [-0.15, -0.1) is 0 Å². The quantitative estimate of drug-likeness (QED) is 0.639. The number of carbonyl (C=O) groups excluding carboxylic acids is 2. The van der Waals surface area contributed by atoms with Crippen molar-refractivity contribution in [3.8, 4) is 11.1 Å². The largest absolute Gasteiger partial charge is 0.380 e. The second kappa shape index (κ2) is 8.48. The number of hydrogen-bond donors (Lipinski definition) is 3. The van der Waals surface area contributed by atoms with E-state index >= 15 is 0 Å². The second-order valence-corrected chi connectivity index (χ2v) is 9.70. The number of fused-ring (bicyclic) bond motifs is 1. The zero-order valence-corrected chi connectivity index (χ0v) is 18.7. The third-order valence-electron chi connectivity index (χ3n) is 6.91. The topological polar surface area (TPSA) is 109 Å². The van der Waals surface area contributed by atoms with Gasteiger partial charge in [0.15, 0.2) is 0 Å². The molecule has 2 aromatic heterocycles. The molecule has 2 aromatic rings. The van der Waals surface area contributed by atoms with E-state index in [2.05, 4.69) is 20.7 Å². The monoisotopic (exact) mass is 457 g/mol. The van der Waals surface area contributed by atoms with E-state index in [1.54, 1.807) is 6.20 Å². The van der Waals surface area contributed by atoms with Gasteiger partial charge in [-0.2, -0.15) is 5.10 Å². The van der Waals surface area contributed by atoms with Crippen LogP contribution in [0.1, 0.15) is 57.1 Å². The number of aryl methyl sites for hydroxylation is 1. The molecule has 32 heavy (non-hydrogen) atoms. The van der Waals surface area contributed by atoms with Crippen LogP contribution in [0.4, 0.5) is 5.82 Å². The highest BCUT2D eigenvalue weighted by molar-refractivity contribution is 6.33. The zero-order valence-electron chi connectivity index (χ0n) is 17.9. The Kier molecular flexibility index (Phi) is 5.67. The lowest BCUT2D eigenvalue weighted by atomic mass is 9.85. The average Bonchev–Trinajstić information content (AvgIpc) is 3.41. The fourth-order valence-electron chi connectivity index (χ4n) is 4.81. The molecule has 2 unspecified atom stereocenters. The molecular weight excluding hydrogens is 430 g/mol. The molecule has 3 aliphatic rings. The summed E-state index contributed by atoms with van der Waals surface area (Å²) in [6.07, 6.45) is 10.6. The number of rotatable bonds is 5. The summed E-state index contributed by atoms with van der Waals surface area (Å²) in [5.74, 6) is -0.166. The lowest BCUT2D eigenvalue weighted by Gasteiger charge is -2.29. The van der Waals surface area contributed by atoms with E-state index < -0.39 is 5.60 Å². The predicted octanol–water partition coefficient (Wildman–Crippen LogP) is 3.07. The molecule has 3 N–H and O–H groups in total. The first-order valence-corrected chi connectivity index (χ1v) is 11.9. The van der Waals surface area contributed by atoms with Gasteiger partial charge in [-0.05, 0) is 57.4 Å². The number of halogens is 1. The van der Waals surface area contributed by atoms with Crippen molar-refractivity contribution in [2.45, 2.75) is 76.0 Å². The minimum absolute atomic E-state index is 0.0932. The Labute approximate surface area is 191 Å². The number of pyridine rings is 1. The maximum atomic E-state index is 13.0. The van der Waals surface area contributed by atoms with E-state index in [1.807, 2.05) is 16.9 Å². The molecule has 0 radical (unpaired) electrons. The fourth-order valence-corrected chi connectivity index (χ4v) is 5.02. The van der Waals surface area contributed by atoms with Crippen molar-refractivity contribution in [2.75, 3.05) is 5.32 Å². The predicted molar refractivity (Wildman–Crippen MR) is 120 cm³/mol. The van der Waals surface area contributed by atoms with Crippen LogP contribution in [0, 0.1) is 5.92 Å². The standard InChI is InChI=1S/C23H28ClN5O3/c24-18-13-25-20(11-16(18)17-12-26-29-9-2-1-6-19(17)29)28-21(30)14-4-3-5-15(10-14)27-22(31)23(32)7-8-23/h11-15,32H,1-10H2,(H,27,31)(H,25,28,30). The van der Waals surface area contributed by atoms with Crippen molar-refractivity contribution in [3.05, 3.63) is 29.2 Å². The Balaban J connectivity index is 1.27. The number of aliphatic hydroxyl groups is 1. The van der Waals surface area contributed by atoms with Crippen molar-refractivity contribution in [1.29, 1.82) is 0 Å². The second-order valence-electron chi connectivity index (χ2n) is 9.29. The highest BCUT2D eigenvalue weighted by Gasteiger charge is 2.48. The number of hydrogen-bond acceptors (Lipinski definition) is 5. The van der Waals surface area contributed by atoms with Gasteiger partial charge >= 0.3 is 0 Å². The van der Waals surface area contributed by atoms with Crippen LogP contribution in [0.3, 0.4) is 0 Å². The molecule has 5 rings (SSSR count). The van der Waals surface area contributed by atoms with Gasteiger partial charge in [-0.1, -0.05) is 18.0 Å². The lowest BCUT2D eigenvalue weighted by molar-refractivity contribution is -0.133. The van der Waals surface area contributed by atoms with Gasteiger partial charge in [0.2, 0.25) is 5.91 Å². The van der Waals surface area contributed by atoms with Crippen molar-refractivity contribution in [1.82, 2.24) is 20.1 Å². The van der Waals surface area contributed by atoms with Crippen LogP contribution in [0.15, 0.2) is 18.5 Å². The average molecular weight is 458 g/mol. The molecule has 0 aromatic carbocycles. The van der Waals surface area contributed by atoms with Crippen molar-refractivity contribution >= 4 is 29.2 Å². The molecule has 8 nitrogen and oxygen atoms in total. The first-order valence-electron chi connectivity index (χ1n) is 11.5. The van der Waals surface area contributed by atoms with Crippen molar-refractivity contribution < 1.29 is 14.7 Å². The Bertz CT molecular complexity index is 1050. The number of amides is 2. The van der Waals surface area contributed by atoms with Crippen LogP contribution >= 0.6 is 11.6 Å². The summed E-state index contributed by atoms with van der Waals surface area (Å²) in [4.78, 5) is 29.4. The lowest BCUT2D eigenvalue weighted by Crippen LogP contribution is -2.45. The molecule has 1 aliphatic heterocycles. The number of nitrogens with one attached hydrogen (secondary N) is 2. The number of nitrogens with zero attached hydrogens (tertiary/aromatic N) is 3. The molecule has 9 heteroatoms. The number of carbonyl (C=O) groups is 2. The van der Waals surface area contributed by atoms with Gasteiger partial charge in [0.25, 0.3) is 5.91 Å². The molecule has 2 atom stereocenters. The fraction of sp³-hybridized carbons (Fsp3) is 0.565. The number of aromatic nitrogens is 3. The third-order valence-corrected chi connectivity index (χ3v) is 7.21. The summed E-state index contributed by atoms with van der Waals surface area (Å²) < 4.78 is 2.03. The minimum atomic E-state index is -1.19. The molecule has 170 valence electrons. The summed E-state index contributed by atoms with van der Waals surface area (Å²) in [6.45, 7) is 0.915. The van der Waals surface area contributed by atoms with E-state index in [-0.39, 0.29) is 23.8 Å². The molecule has 0 saturated heterocycles. The Morgan fingerprint density at radius 1 is 1.16 bits per heavy atom. The van der Waals surface area contributed by atoms with Crippen LogP contribution in [0.25, 0.3) is 11.1 Å². The maximum Gasteiger partial charge on any atom is 0.252 e. The van der Waals surface area contributed by atoms with Crippen LogP contribution in [-0.4, -0.2) is 43.3 Å². The molecular formula is C23H28ClN5O3. The van der Waals surface area contributed by atoms with Crippen molar-refractivity contribution in [2.24, 2.45) is 5.92 Å². The normalized spacial score (nSPS) is 23.8. The Morgan fingerprint density at radius 2 is 2.00 bits per heavy atom. The Hall–Kier alpha value is -2.45. The van der Waals surface area contributed by atoms with Crippen LogP contribution in [0.2, 0.25) is 5.02 Å². The van der Waals surface area contributed by atoms with Gasteiger partial charge in [0.05, 0.1) is 11.2 Å². The van der Waals surface area contributed by atoms with E-state index in [1.165, 1.54) is 5.69 Å². The first-order chi connectivity index (χ1) is 15.4. The Morgan fingerprint density at radius 3 is 2.81 bits per heavy atom. The van der Waals surface area contributed by atoms with Gasteiger partial charge in [0.1, 0.15) is 11.4 Å². The van der Waals surface area contributed by atoms with E-state index in [9.17, 15) is 14.7 Å². The molecule has 3 heterocycles. The van der Waals surface area contributed by atoms with Crippen LogP contribution in [-0.2, 0) is 22.6 Å². The summed E-state index contributed by atoms with van der Waals surface area (Å²) in [5.41, 5.74) is 1.80. The molecule has 2 saturated carbocycles. The van der Waals surface area contributed by atoms with Gasteiger partial charge in [0, 0.05) is 41.5 Å². The first kappa shape index (κ1) is 21.4. The van der Waals surface area contributed by atoms with E-state index in [4.69, 9.17) is 11.6 Å². The van der Waals surface area contributed by atoms with Crippen molar-refractivity contribution in [3.63, 3.8) is 0 Å². The number of anilines is 1. The van der Waals surface area contributed by atoms with Crippen LogP contribution in [0.5, 0.6) is 0 Å². The highest BCUT2D eigenvalue weighted by atomic mass is 35.5. The van der Waals surface area contributed by atoms with Crippen LogP contribution < -0.4 is 10.6 Å². The smallest absolute Gasteiger partial charge is 0.252 e. The molecule has 2 amide bonds. The molecule has 2 aliphatic carbocycles. The van der Waals surface area contributed by atoms with Gasteiger partial charge in [-0.3, -0.25) is 14.3 Å². The van der Waals surface area contributed by atoms with Gasteiger partial charge < -0.3 is 15.7 Å².